The predicted molar refractivity (Wildman–Crippen MR) is 172 cm³/mol. The van der Waals surface area contributed by atoms with Gasteiger partial charge in [-0.25, -0.2) is 0 Å². The van der Waals surface area contributed by atoms with Crippen molar-refractivity contribution >= 4 is 11.4 Å². The average molecular weight is 536 g/mol. The summed E-state index contributed by atoms with van der Waals surface area (Å²) in [5, 5.41) is 3.30. The zero-order chi connectivity index (χ0) is 28.3. The normalized spacial score (nSPS) is 10.2. The summed E-state index contributed by atoms with van der Waals surface area (Å²) < 4.78 is 10.2. The Morgan fingerprint density at radius 2 is 0.634 bits per heavy atom. The Kier molecular flexibility index (Phi) is 9.11. The van der Waals surface area contributed by atoms with Crippen molar-refractivity contribution in [1.82, 2.24) is 0 Å². The largest absolute Gasteiger partial charge is 0.497 e. The molecule has 0 saturated heterocycles. The Balaban J connectivity index is 0.000000175. The van der Waals surface area contributed by atoms with Crippen LogP contribution in [0.4, 0.5) is 11.4 Å². The summed E-state index contributed by atoms with van der Waals surface area (Å²) in [6, 6.07) is 54.1. The van der Waals surface area contributed by atoms with E-state index in [9.17, 15) is 0 Å². The molecule has 0 heterocycles. The average Bonchev–Trinajstić information content (AvgIpc) is 3.07. The second-order valence-corrected chi connectivity index (χ2v) is 9.48. The van der Waals surface area contributed by atoms with Crippen LogP contribution in [0.1, 0.15) is 0 Å². The van der Waals surface area contributed by atoms with Crippen molar-refractivity contribution in [1.29, 1.82) is 0 Å². The van der Waals surface area contributed by atoms with E-state index in [0.717, 1.165) is 22.9 Å². The van der Waals surface area contributed by atoms with E-state index >= 15 is 0 Å². The molecule has 0 aliphatic heterocycles. The quantitative estimate of drug-likeness (QED) is 0.221. The Hall–Kier alpha value is -5.28. The lowest BCUT2D eigenvalue weighted by molar-refractivity contribution is 0.415. The molecule has 0 saturated carbocycles. The molecule has 0 amide bonds. The second-order valence-electron chi connectivity index (χ2n) is 9.48. The first kappa shape index (κ1) is 27.3. The summed E-state index contributed by atoms with van der Waals surface area (Å²) in [4.78, 5) is 0. The Bertz CT molecular complexity index is 1450. The number of rotatable bonds is 7. The first-order valence-corrected chi connectivity index (χ1v) is 13.6. The zero-order valence-corrected chi connectivity index (χ0v) is 23.3. The highest BCUT2D eigenvalue weighted by atomic mass is 16.5. The maximum atomic E-state index is 5.11. The number of hydrogen-bond donors (Lipinski definition) is 1. The number of nitrogens with one attached hydrogen (secondary N) is 1. The van der Waals surface area contributed by atoms with Crippen LogP contribution in [0.25, 0.3) is 33.4 Å². The van der Waals surface area contributed by atoms with Crippen molar-refractivity contribution in [3.63, 3.8) is 0 Å². The molecule has 202 valence electrons. The number of ether oxygens (including phenoxy) is 2. The smallest absolute Gasteiger partial charge is 0.119 e. The monoisotopic (exact) mass is 535 g/mol. The van der Waals surface area contributed by atoms with Crippen LogP contribution in [-0.4, -0.2) is 14.2 Å². The molecule has 0 bridgehead atoms. The minimum Gasteiger partial charge on any atom is -0.497 e. The Morgan fingerprint density at radius 3 is 0.902 bits per heavy atom. The molecule has 0 fully saturated rings. The fraction of sp³-hybridized carbons (Fsp3) is 0.0526. The number of benzene rings is 6. The SMILES string of the molecule is COc1ccc(Nc2ccc(OC)cc2)cc1.c1ccc(-c2cc(-c3ccccc3)cc(-c3ccccc3)c2)cc1. The minimum absolute atomic E-state index is 0.852. The summed E-state index contributed by atoms with van der Waals surface area (Å²) in [5.41, 5.74) is 9.52. The maximum Gasteiger partial charge on any atom is 0.119 e. The van der Waals surface area contributed by atoms with Crippen molar-refractivity contribution in [2.24, 2.45) is 0 Å². The summed E-state index contributed by atoms with van der Waals surface area (Å²) in [6.07, 6.45) is 0. The summed E-state index contributed by atoms with van der Waals surface area (Å²) in [7, 11) is 3.32. The topological polar surface area (TPSA) is 30.5 Å². The van der Waals surface area contributed by atoms with Gasteiger partial charge in [-0.2, -0.15) is 0 Å². The molecule has 0 atom stereocenters. The van der Waals surface area contributed by atoms with Crippen molar-refractivity contribution in [2.75, 3.05) is 19.5 Å². The standard InChI is InChI=1S/C24H18.C14H15NO2/c1-4-10-19(11-5-1)22-16-23(20-12-6-2-7-13-20)18-24(17-22)21-14-8-3-9-15-21;1-16-13-7-3-11(4-8-13)15-12-5-9-14(17-2)10-6-12/h1-18H;3-10,15H,1-2H3. The fourth-order valence-corrected chi connectivity index (χ4v) is 4.53. The van der Waals surface area contributed by atoms with Crippen LogP contribution in [0.2, 0.25) is 0 Å². The summed E-state index contributed by atoms with van der Waals surface area (Å²) in [6.45, 7) is 0. The van der Waals surface area contributed by atoms with Gasteiger partial charge in [0.1, 0.15) is 11.5 Å². The lowest BCUT2D eigenvalue weighted by Gasteiger charge is -2.11. The zero-order valence-electron chi connectivity index (χ0n) is 23.3. The molecule has 0 radical (unpaired) electrons. The van der Waals surface area contributed by atoms with E-state index < -0.39 is 0 Å². The summed E-state index contributed by atoms with van der Waals surface area (Å²) >= 11 is 0. The second kappa shape index (κ2) is 13.7. The molecular weight excluding hydrogens is 502 g/mol. The van der Waals surface area contributed by atoms with Gasteiger partial charge < -0.3 is 14.8 Å². The van der Waals surface area contributed by atoms with Gasteiger partial charge in [0.2, 0.25) is 0 Å². The van der Waals surface area contributed by atoms with Gasteiger partial charge in [-0.15, -0.1) is 0 Å². The van der Waals surface area contributed by atoms with Gasteiger partial charge in [-0.05, 0) is 100 Å². The van der Waals surface area contributed by atoms with Gasteiger partial charge in [0.25, 0.3) is 0 Å². The van der Waals surface area contributed by atoms with Crippen molar-refractivity contribution < 1.29 is 9.47 Å². The van der Waals surface area contributed by atoms with Crippen LogP contribution in [0.3, 0.4) is 0 Å². The first-order valence-electron chi connectivity index (χ1n) is 13.6. The summed E-state index contributed by atoms with van der Waals surface area (Å²) in [5.74, 6) is 1.70. The molecule has 0 aliphatic rings. The van der Waals surface area contributed by atoms with E-state index in [2.05, 4.69) is 115 Å². The minimum atomic E-state index is 0.852. The fourth-order valence-electron chi connectivity index (χ4n) is 4.53. The van der Waals surface area contributed by atoms with E-state index in [-0.39, 0.29) is 0 Å². The van der Waals surface area contributed by atoms with Crippen molar-refractivity contribution in [2.45, 2.75) is 0 Å². The van der Waals surface area contributed by atoms with Crippen LogP contribution in [0.5, 0.6) is 11.5 Å². The van der Waals surface area contributed by atoms with Crippen LogP contribution in [0, 0.1) is 0 Å². The van der Waals surface area contributed by atoms with Crippen LogP contribution < -0.4 is 14.8 Å². The van der Waals surface area contributed by atoms with E-state index in [1.165, 1.54) is 33.4 Å². The molecule has 3 heteroatoms. The lowest BCUT2D eigenvalue weighted by atomic mass is 9.93. The third-order valence-corrected chi connectivity index (χ3v) is 6.72. The lowest BCUT2D eigenvalue weighted by Crippen LogP contribution is -1.90. The molecule has 6 aromatic carbocycles. The van der Waals surface area contributed by atoms with Gasteiger partial charge in [0.05, 0.1) is 14.2 Å². The van der Waals surface area contributed by atoms with Gasteiger partial charge in [0.15, 0.2) is 0 Å². The first-order chi connectivity index (χ1) is 20.2. The van der Waals surface area contributed by atoms with E-state index in [1.54, 1.807) is 14.2 Å². The van der Waals surface area contributed by atoms with Crippen molar-refractivity contribution in [3.8, 4) is 44.9 Å². The molecule has 1 N–H and O–H groups in total. The molecule has 0 aromatic heterocycles. The molecule has 0 unspecified atom stereocenters. The van der Waals surface area contributed by atoms with E-state index in [1.807, 2.05) is 48.5 Å². The third kappa shape index (κ3) is 7.43. The van der Waals surface area contributed by atoms with Crippen molar-refractivity contribution in [3.05, 3.63) is 158 Å². The molecule has 3 nitrogen and oxygen atoms in total. The van der Waals surface area contributed by atoms with Gasteiger partial charge in [-0.3, -0.25) is 0 Å². The van der Waals surface area contributed by atoms with Gasteiger partial charge in [-0.1, -0.05) is 91.0 Å². The van der Waals surface area contributed by atoms with Crippen LogP contribution in [0.15, 0.2) is 158 Å². The molecule has 41 heavy (non-hydrogen) atoms. The van der Waals surface area contributed by atoms with E-state index in [0.29, 0.717) is 0 Å². The molecule has 6 aromatic rings. The highest BCUT2D eigenvalue weighted by Gasteiger charge is 2.07. The van der Waals surface area contributed by atoms with Crippen LogP contribution in [-0.2, 0) is 0 Å². The molecule has 0 spiro atoms. The highest BCUT2D eigenvalue weighted by Crippen LogP contribution is 2.32. The molecule has 0 aliphatic carbocycles. The van der Waals surface area contributed by atoms with E-state index in [4.69, 9.17) is 9.47 Å². The Morgan fingerprint density at radius 1 is 0.341 bits per heavy atom. The van der Waals surface area contributed by atoms with Gasteiger partial charge in [0, 0.05) is 11.4 Å². The Labute approximate surface area is 242 Å². The number of anilines is 2. The highest BCUT2D eigenvalue weighted by molar-refractivity contribution is 5.81. The maximum absolute atomic E-state index is 5.11. The third-order valence-electron chi connectivity index (χ3n) is 6.72. The number of methoxy groups -OCH3 is 2. The molecular formula is C38H33NO2. The van der Waals surface area contributed by atoms with Gasteiger partial charge >= 0.3 is 0 Å². The van der Waals surface area contributed by atoms with Crippen LogP contribution >= 0.6 is 0 Å². The predicted octanol–water partition coefficient (Wildman–Crippen LogP) is 10.1. The molecule has 6 rings (SSSR count). The number of hydrogen-bond acceptors (Lipinski definition) is 3.